The van der Waals surface area contributed by atoms with Crippen LogP contribution in [0.5, 0.6) is 0 Å². The Morgan fingerprint density at radius 2 is 1.59 bits per heavy atom. The maximum atomic E-state index is 13.1. The van der Waals surface area contributed by atoms with E-state index in [4.69, 9.17) is 0 Å². The van der Waals surface area contributed by atoms with Gasteiger partial charge in [-0.2, -0.15) is 0 Å². The summed E-state index contributed by atoms with van der Waals surface area (Å²) in [6, 6.07) is 18.5. The van der Waals surface area contributed by atoms with Gasteiger partial charge in [0.05, 0.1) is 5.69 Å². The van der Waals surface area contributed by atoms with Crippen molar-refractivity contribution in [2.24, 2.45) is 5.18 Å². The summed E-state index contributed by atoms with van der Waals surface area (Å²) in [5.41, 5.74) is 2.72. The van der Waals surface area contributed by atoms with Gasteiger partial charge in [-0.15, -0.1) is 4.91 Å². The van der Waals surface area contributed by atoms with E-state index in [1.807, 2.05) is 56.3 Å². The minimum atomic E-state index is -0.200. The van der Waals surface area contributed by atoms with Crippen LogP contribution in [0.1, 0.15) is 32.3 Å². The lowest BCUT2D eigenvalue weighted by atomic mass is 10.1. The van der Waals surface area contributed by atoms with E-state index in [2.05, 4.69) is 15.2 Å². The first-order valence-corrected chi connectivity index (χ1v) is 10.4. The summed E-state index contributed by atoms with van der Waals surface area (Å²) in [6.07, 6.45) is 3.16. The molecule has 0 radical (unpaired) electrons. The largest absolute Gasteiger partial charge is 0.305 e. The molecule has 0 amide bonds. The molecule has 1 fully saturated rings. The Balaban J connectivity index is 0.00000117. The summed E-state index contributed by atoms with van der Waals surface area (Å²) in [5.74, 6) is -0.200. The molecule has 1 aliphatic heterocycles. The van der Waals surface area contributed by atoms with Gasteiger partial charge in [-0.3, -0.25) is 0 Å². The standard InChI is InChI=1S/C22H22FN3O.C2H6/c23-18-9-7-17(8-10-18)13-16-25-14-3-4-15-26(25)22-12-11-21(24-27)19-5-1-2-6-20(19)22;1-2/h1-2,5-12H,3-4,13-16H2;1-2H3. The molecule has 0 spiro atoms. The monoisotopic (exact) mass is 393 g/mol. The van der Waals surface area contributed by atoms with E-state index >= 15 is 0 Å². The first kappa shape index (κ1) is 20.9. The fraction of sp³-hybridized carbons (Fsp3) is 0.333. The van der Waals surface area contributed by atoms with Gasteiger partial charge in [0.1, 0.15) is 11.5 Å². The van der Waals surface area contributed by atoms with Crippen molar-refractivity contribution >= 4 is 22.1 Å². The molecule has 0 unspecified atom stereocenters. The second-order valence-electron chi connectivity index (χ2n) is 6.90. The molecule has 5 heteroatoms. The van der Waals surface area contributed by atoms with Crippen LogP contribution in [-0.4, -0.2) is 24.6 Å². The van der Waals surface area contributed by atoms with Gasteiger partial charge in [0.15, 0.2) is 0 Å². The summed E-state index contributed by atoms with van der Waals surface area (Å²) in [4.78, 5) is 11.2. The molecule has 1 aliphatic rings. The first-order chi connectivity index (χ1) is 14.3. The summed E-state index contributed by atoms with van der Waals surface area (Å²) in [6.45, 7) is 6.80. The fourth-order valence-corrected chi connectivity index (χ4v) is 3.80. The van der Waals surface area contributed by atoms with Crippen molar-refractivity contribution in [1.29, 1.82) is 0 Å². The third-order valence-electron chi connectivity index (χ3n) is 5.20. The van der Waals surface area contributed by atoms with Crippen LogP contribution in [0, 0.1) is 10.7 Å². The van der Waals surface area contributed by atoms with E-state index in [0.29, 0.717) is 5.69 Å². The minimum Gasteiger partial charge on any atom is -0.305 e. The predicted molar refractivity (Wildman–Crippen MR) is 119 cm³/mol. The van der Waals surface area contributed by atoms with E-state index in [-0.39, 0.29) is 5.82 Å². The number of anilines is 1. The number of benzene rings is 3. The highest BCUT2D eigenvalue weighted by Crippen LogP contribution is 2.35. The Kier molecular flexibility index (Phi) is 7.30. The van der Waals surface area contributed by atoms with Crippen molar-refractivity contribution in [2.75, 3.05) is 24.6 Å². The number of fused-ring (bicyclic) bond motifs is 1. The predicted octanol–water partition coefficient (Wildman–Crippen LogP) is 6.46. The summed E-state index contributed by atoms with van der Waals surface area (Å²) < 4.78 is 13.1. The first-order valence-electron chi connectivity index (χ1n) is 10.4. The number of nitrogens with zero attached hydrogens (tertiary/aromatic N) is 3. The number of rotatable bonds is 5. The highest BCUT2D eigenvalue weighted by atomic mass is 19.1. The highest BCUT2D eigenvalue weighted by molar-refractivity contribution is 6.01. The average molecular weight is 394 g/mol. The van der Waals surface area contributed by atoms with Crippen molar-refractivity contribution in [3.05, 3.63) is 77.0 Å². The SMILES string of the molecule is CC.O=Nc1ccc(N2CCCCN2CCc2ccc(F)cc2)c2ccccc12. The Morgan fingerprint density at radius 1 is 0.897 bits per heavy atom. The molecule has 4 rings (SSSR count). The lowest BCUT2D eigenvalue weighted by molar-refractivity contribution is 0.215. The van der Waals surface area contributed by atoms with Crippen molar-refractivity contribution in [1.82, 2.24) is 5.01 Å². The molecule has 0 atom stereocenters. The molecule has 0 N–H and O–H groups in total. The molecule has 29 heavy (non-hydrogen) atoms. The van der Waals surface area contributed by atoms with Gasteiger partial charge >= 0.3 is 0 Å². The molecule has 0 bridgehead atoms. The van der Waals surface area contributed by atoms with Crippen LogP contribution in [0.4, 0.5) is 15.8 Å². The van der Waals surface area contributed by atoms with Gasteiger partial charge in [-0.1, -0.05) is 50.2 Å². The van der Waals surface area contributed by atoms with Gasteiger partial charge < -0.3 is 5.01 Å². The molecule has 4 nitrogen and oxygen atoms in total. The lowest BCUT2D eigenvalue weighted by Crippen LogP contribution is -2.48. The van der Waals surface area contributed by atoms with Gasteiger partial charge in [0.2, 0.25) is 0 Å². The van der Waals surface area contributed by atoms with E-state index in [0.717, 1.165) is 60.9 Å². The maximum Gasteiger partial charge on any atom is 0.123 e. The van der Waals surface area contributed by atoms with Gasteiger partial charge in [0.25, 0.3) is 0 Å². The van der Waals surface area contributed by atoms with Crippen LogP contribution >= 0.6 is 0 Å². The second kappa shape index (κ2) is 10.1. The van der Waals surface area contributed by atoms with Crippen molar-refractivity contribution < 1.29 is 4.39 Å². The van der Waals surface area contributed by atoms with Crippen LogP contribution in [0.2, 0.25) is 0 Å². The van der Waals surface area contributed by atoms with Crippen LogP contribution in [0.3, 0.4) is 0 Å². The molecular weight excluding hydrogens is 365 g/mol. The normalized spacial score (nSPS) is 14.4. The molecule has 0 aromatic heterocycles. The summed E-state index contributed by atoms with van der Waals surface area (Å²) in [7, 11) is 0. The van der Waals surface area contributed by atoms with Crippen molar-refractivity contribution in [3.63, 3.8) is 0 Å². The smallest absolute Gasteiger partial charge is 0.123 e. The minimum absolute atomic E-state index is 0.200. The number of hydrazine groups is 1. The third-order valence-corrected chi connectivity index (χ3v) is 5.20. The zero-order valence-corrected chi connectivity index (χ0v) is 17.1. The molecule has 0 saturated carbocycles. The Bertz CT molecular complexity index is 943. The van der Waals surface area contributed by atoms with E-state index < -0.39 is 0 Å². The van der Waals surface area contributed by atoms with E-state index in [1.54, 1.807) is 6.07 Å². The Labute approximate surface area is 171 Å². The van der Waals surface area contributed by atoms with Crippen LogP contribution in [-0.2, 0) is 6.42 Å². The third kappa shape index (κ3) is 4.80. The highest BCUT2D eigenvalue weighted by Gasteiger charge is 2.22. The molecule has 3 aromatic rings. The fourth-order valence-electron chi connectivity index (χ4n) is 3.80. The summed E-state index contributed by atoms with van der Waals surface area (Å²) in [5, 5.41) is 9.79. The van der Waals surface area contributed by atoms with Crippen molar-refractivity contribution in [3.8, 4) is 0 Å². The molecule has 0 aliphatic carbocycles. The van der Waals surface area contributed by atoms with Gasteiger partial charge in [-0.05, 0) is 54.3 Å². The average Bonchev–Trinajstić information content (AvgIpc) is 2.79. The number of halogens is 1. The van der Waals surface area contributed by atoms with Crippen LogP contribution < -0.4 is 5.01 Å². The van der Waals surface area contributed by atoms with E-state index in [9.17, 15) is 9.30 Å². The molecule has 1 saturated heterocycles. The molecule has 1 heterocycles. The van der Waals surface area contributed by atoms with Crippen LogP contribution in [0.15, 0.2) is 65.8 Å². The van der Waals surface area contributed by atoms with Crippen LogP contribution in [0.25, 0.3) is 10.8 Å². The van der Waals surface area contributed by atoms with E-state index in [1.165, 1.54) is 12.1 Å². The quantitative estimate of drug-likeness (QED) is 0.467. The van der Waals surface area contributed by atoms with Crippen molar-refractivity contribution in [2.45, 2.75) is 33.1 Å². The zero-order chi connectivity index (χ0) is 20.6. The topological polar surface area (TPSA) is 35.9 Å². The lowest BCUT2D eigenvalue weighted by Gasteiger charge is -2.41. The zero-order valence-electron chi connectivity index (χ0n) is 17.1. The summed E-state index contributed by atoms with van der Waals surface area (Å²) >= 11 is 0. The number of hydrogen-bond donors (Lipinski definition) is 0. The molecule has 152 valence electrons. The Morgan fingerprint density at radius 3 is 2.31 bits per heavy atom. The second-order valence-corrected chi connectivity index (χ2v) is 6.90. The number of hydrogen-bond acceptors (Lipinski definition) is 4. The maximum absolute atomic E-state index is 13.1. The van der Waals surface area contributed by atoms with Gasteiger partial charge in [-0.25, -0.2) is 9.40 Å². The van der Waals surface area contributed by atoms with Gasteiger partial charge in [0, 0.05) is 30.4 Å². The Hall–Kier alpha value is -2.79. The molecular formula is C24H28FN3O. The molecule has 3 aromatic carbocycles. The number of nitroso groups, excluding NO2 is 1.